The fourth-order valence-corrected chi connectivity index (χ4v) is 1.98. The van der Waals surface area contributed by atoms with Crippen molar-refractivity contribution in [1.82, 2.24) is 0 Å². The third-order valence-corrected chi connectivity index (χ3v) is 3.06. The Hall–Kier alpha value is -0.180. The van der Waals surface area contributed by atoms with Gasteiger partial charge in [-0.2, -0.15) is 0 Å². The molecule has 0 fully saturated rings. The molecule has 1 nitrogen and oxygen atoms in total. The fourth-order valence-electron chi connectivity index (χ4n) is 0.817. The molecule has 0 spiro atoms. The number of hydrogen-bond acceptors (Lipinski definition) is 2. The number of hydrogen-bond donors (Lipinski definition) is 1. The average molecular weight is 217 g/mol. The summed E-state index contributed by atoms with van der Waals surface area (Å²) in [5.74, 6) is 0.674. The minimum Gasteiger partial charge on any atom is -0.390 e. The van der Waals surface area contributed by atoms with E-state index < -0.39 is 5.60 Å². The van der Waals surface area contributed by atoms with Gasteiger partial charge < -0.3 is 5.11 Å². The van der Waals surface area contributed by atoms with Gasteiger partial charge in [0, 0.05) is 15.7 Å². The molecule has 0 radical (unpaired) electrons. The summed E-state index contributed by atoms with van der Waals surface area (Å²) < 4.78 is 0. The molecule has 0 amide bonds. The Morgan fingerprint density at radius 2 is 2.15 bits per heavy atom. The van der Waals surface area contributed by atoms with Crippen molar-refractivity contribution in [3.63, 3.8) is 0 Å². The van der Waals surface area contributed by atoms with Crippen molar-refractivity contribution < 1.29 is 5.11 Å². The molecule has 1 aromatic rings. The van der Waals surface area contributed by atoms with Gasteiger partial charge in [-0.3, -0.25) is 0 Å². The molecule has 0 saturated carbocycles. The largest absolute Gasteiger partial charge is 0.390 e. The smallest absolute Gasteiger partial charge is 0.0685 e. The van der Waals surface area contributed by atoms with Crippen LogP contribution in [0.1, 0.15) is 13.8 Å². The molecule has 1 rings (SSSR count). The topological polar surface area (TPSA) is 20.2 Å². The molecule has 0 heterocycles. The van der Waals surface area contributed by atoms with Gasteiger partial charge in [0.25, 0.3) is 0 Å². The van der Waals surface area contributed by atoms with Gasteiger partial charge in [-0.15, -0.1) is 11.8 Å². The predicted octanol–water partition coefficient (Wildman–Crippen LogP) is 3.20. The number of thioether (sulfide) groups is 1. The monoisotopic (exact) mass is 216 g/mol. The highest BCUT2D eigenvalue weighted by atomic mass is 35.5. The van der Waals surface area contributed by atoms with Crippen LogP contribution in [0.3, 0.4) is 0 Å². The summed E-state index contributed by atoms with van der Waals surface area (Å²) in [6, 6.07) is 7.64. The third kappa shape index (κ3) is 4.55. The second-order valence-electron chi connectivity index (χ2n) is 3.56. The molecule has 3 heteroatoms. The van der Waals surface area contributed by atoms with Crippen molar-refractivity contribution in [3.8, 4) is 0 Å². The lowest BCUT2D eigenvalue weighted by Crippen LogP contribution is -2.21. The van der Waals surface area contributed by atoms with Gasteiger partial charge in [0.05, 0.1) is 5.60 Å². The van der Waals surface area contributed by atoms with Gasteiger partial charge in [0.1, 0.15) is 0 Å². The highest BCUT2D eigenvalue weighted by Crippen LogP contribution is 2.24. The zero-order valence-corrected chi connectivity index (χ0v) is 9.32. The van der Waals surface area contributed by atoms with E-state index >= 15 is 0 Å². The molecule has 1 aromatic carbocycles. The lowest BCUT2D eigenvalue weighted by Gasteiger charge is -2.15. The molecular weight excluding hydrogens is 204 g/mol. The first-order valence-corrected chi connectivity index (χ1v) is 5.44. The van der Waals surface area contributed by atoms with Crippen LogP contribution >= 0.6 is 23.4 Å². The van der Waals surface area contributed by atoms with Crippen molar-refractivity contribution in [2.24, 2.45) is 0 Å². The Kier molecular flexibility index (Phi) is 3.65. The summed E-state index contributed by atoms with van der Waals surface area (Å²) in [7, 11) is 0. The Bertz CT molecular complexity index is 280. The van der Waals surface area contributed by atoms with E-state index in [2.05, 4.69) is 0 Å². The van der Waals surface area contributed by atoms with E-state index in [1.165, 1.54) is 0 Å². The van der Waals surface area contributed by atoms with Crippen LogP contribution in [0.4, 0.5) is 0 Å². The molecule has 1 N–H and O–H groups in total. The number of benzene rings is 1. The third-order valence-electron chi connectivity index (χ3n) is 1.39. The maximum atomic E-state index is 9.49. The zero-order valence-electron chi connectivity index (χ0n) is 7.75. The molecule has 0 atom stereocenters. The molecule has 0 unspecified atom stereocenters. The SMILES string of the molecule is CC(C)(O)CSc1cccc(Cl)c1. The second kappa shape index (κ2) is 4.36. The van der Waals surface area contributed by atoms with Gasteiger partial charge in [0.2, 0.25) is 0 Å². The van der Waals surface area contributed by atoms with Crippen molar-refractivity contribution in [3.05, 3.63) is 29.3 Å². The number of halogens is 1. The Morgan fingerprint density at radius 1 is 1.46 bits per heavy atom. The minimum atomic E-state index is -0.632. The van der Waals surface area contributed by atoms with E-state index in [9.17, 15) is 5.11 Å². The molecule has 0 aliphatic rings. The van der Waals surface area contributed by atoms with Crippen LogP contribution in [0.5, 0.6) is 0 Å². The number of rotatable bonds is 3. The van der Waals surface area contributed by atoms with Gasteiger partial charge in [-0.1, -0.05) is 17.7 Å². The summed E-state index contributed by atoms with van der Waals surface area (Å²) in [6.45, 7) is 3.59. The normalized spacial score (nSPS) is 11.7. The van der Waals surface area contributed by atoms with Crippen LogP contribution in [0.25, 0.3) is 0 Å². The standard InChI is InChI=1S/C10H13ClOS/c1-10(2,12)7-13-9-5-3-4-8(11)6-9/h3-6,12H,7H2,1-2H3. The summed E-state index contributed by atoms with van der Waals surface area (Å²) in [6.07, 6.45) is 0. The van der Waals surface area contributed by atoms with Crippen molar-refractivity contribution in [1.29, 1.82) is 0 Å². The van der Waals surface area contributed by atoms with Gasteiger partial charge >= 0.3 is 0 Å². The minimum absolute atomic E-state index is 0.632. The molecular formula is C10H13ClOS. The molecule has 0 saturated heterocycles. The second-order valence-corrected chi connectivity index (χ2v) is 5.04. The van der Waals surface area contributed by atoms with Crippen LogP contribution in [0.2, 0.25) is 5.02 Å². The quantitative estimate of drug-likeness (QED) is 0.784. The van der Waals surface area contributed by atoms with Gasteiger partial charge in [-0.05, 0) is 32.0 Å². The van der Waals surface area contributed by atoms with Crippen LogP contribution in [0, 0.1) is 0 Å². The Balaban J connectivity index is 2.55. The Labute approximate surface area is 88.1 Å². The van der Waals surface area contributed by atoms with Crippen molar-refractivity contribution in [2.75, 3.05) is 5.75 Å². The predicted molar refractivity (Wildman–Crippen MR) is 58.5 cm³/mol. The first kappa shape index (κ1) is 10.9. The summed E-state index contributed by atoms with van der Waals surface area (Å²) in [4.78, 5) is 1.09. The molecule has 0 aliphatic heterocycles. The molecule has 13 heavy (non-hydrogen) atoms. The zero-order chi connectivity index (χ0) is 9.90. The first-order valence-electron chi connectivity index (χ1n) is 4.08. The summed E-state index contributed by atoms with van der Waals surface area (Å²) in [5.41, 5.74) is -0.632. The van der Waals surface area contributed by atoms with Crippen molar-refractivity contribution in [2.45, 2.75) is 24.3 Å². The van der Waals surface area contributed by atoms with Crippen LogP contribution in [0.15, 0.2) is 29.2 Å². The van der Waals surface area contributed by atoms with E-state index in [1.807, 2.05) is 24.3 Å². The maximum absolute atomic E-state index is 9.49. The molecule has 0 aromatic heterocycles. The molecule has 72 valence electrons. The van der Waals surface area contributed by atoms with E-state index in [4.69, 9.17) is 11.6 Å². The van der Waals surface area contributed by atoms with E-state index in [0.29, 0.717) is 5.75 Å². The lowest BCUT2D eigenvalue weighted by molar-refractivity contribution is 0.107. The van der Waals surface area contributed by atoms with Crippen LogP contribution in [-0.2, 0) is 0 Å². The van der Waals surface area contributed by atoms with E-state index in [-0.39, 0.29) is 0 Å². The van der Waals surface area contributed by atoms with Gasteiger partial charge in [0.15, 0.2) is 0 Å². The summed E-state index contributed by atoms with van der Waals surface area (Å²) in [5, 5.41) is 10.2. The first-order chi connectivity index (χ1) is 5.97. The number of aliphatic hydroxyl groups is 1. The highest BCUT2D eigenvalue weighted by Gasteiger charge is 2.12. The fraction of sp³-hybridized carbons (Fsp3) is 0.400. The van der Waals surface area contributed by atoms with E-state index in [0.717, 1.165) is 9.92 Å². The van der Waals surface area contributed by atoms with Crippen LogP contribution < -0.4 is 0 Å². The maximum Gasteiger partial charge on any atom is 0.0685 e. The molecule has 0 aliphatic carbocycles. The van der Waals surface area contributed by atoms with Crippen molar-refractivity contribution >= 4 is 23.4 Å². The van der Waals surface area contributed by atoms with Crippen LogP contribution in [-0.4, -0.2) is 16.5 Å². The van der Waals surface area contributed by atoms with Gasteiger partial charge in [-0.25, -0.2) is 0 Å². The average Bonchev–Trinajstić information content (AvgIpc) is 2.00. The molecule has 0 bridgehead atoms. The lowest BCUT2D eigenvalue weighted by atomic mass is 10.2. The summed E-state index contributed by atoms with van der Waals surface area (Å²) >= 11 is 7.43. The Morgan fingerprint density at radius 3 is 2.69 bits per heavy atom. The highest BCUT2D eigenvalue weighted by molar-refractivity contribution is 7.99. The van der Waals surface area contributed by atoms with E-state index in [1.54, 1.807) is 25.6 Å².